The van der Waals surface area contributed by atoms with Crippen LogP contribution in [0, 0.1) is 0 Å². The largest absolute Gasteiger partial charge is 0.544 e. The van der Waals surface area contributed by atoms with E-state index in [1.165, 1.54) is 0 Å². The molecule has 2 unspecified atom stereocenters. The van der Waals surface area contributed by atoms with Crippen molar-refractivity contribution in [3.8, 4) is 0 Å². The van der Waals surface area contributed by atoms with Gasteiger partial charge in [-0.15, -0.1) is 0 Å². The first kappa shape index (κ1) is 55.0. The number of unbranched alkanes of at least 4 members (excludes halogenated alkanes) is 6. The smallest absolute Gasteiger partial charge is 0.306 e. The Morgan fingerprint density at radius 2 is 0.898 bits per heavy atom. The second kappa shape index (κ2) is 40.8. The van der Waals surface area contributed by atoms with Gasteiger partial charge in [0.2, 0.25) is 0 Å². The maximum absolute atomic E-state index is 12.7. The second-order valence-corrected chi connectivity index (χ2v) is 15.5. The molecule has 0 rings (SSSR count). The monoisotopic (exact) mass is 820 g/mol. The van der Waals surface area contributed by atoms with Gasteiger partial charge in [-0.2, -0.15) is 0 Å². The van der Waals surface area contributed by atoms with E-state index >= 15 is 0 Å². The molecule has 8 heteroatoms. The van der Waals surface area contributed by atoms with Gasteiger partial charge in [0.25, 0.3) is 0 Å². The van der Waals surface area contributed by atoms with E-state index < -0.39 is 18.1 Å². The van der Waals surface area contributed by atoms with Crippen LogP contribution in [-0.2, 0) is 28.6 Å². The SMILES string of the molecule is CC/C=C/C/C=C/C/C=C/C/C=C/C/C=C/CCCCCC(=O)OCC(COCCC(C(=O)[O-])[N+](C)(C)C)OC(=O)CCCCC/C=C/C/C=C/C/C=C/C/C=C/CC. The molecular formula is C51H81NO7. The lowest BCUT2D eigenvalue weighted by molar-refractivity contribution is -0.889. The molecule has 0 aromatic heterocycles. The highest BCUT2D eigenvalue weighted by molar-refractivity contribution is 5.70. The molecule has 0 N–H and O–H groups in total. The Hall–Kier alpha value is -4.01. The van der Waals surface area contributed by atoms with E-state index in [2.05, 4.69) is 123 Å². The minimum atomic E-state index is -1.14. The van der Waals surface area contributed by atoms with Crippen LogP contribution in [0.4, 0.5) is 0 Å². The van der Waals surface area contributed by atoms with Gasteiger partial charge < -0.3 is 28.6 Å². The Morgan fingerprint density at radius 3 is 1.29 bits per heavy atom. The van der Waals surface area contributed by atoms with Gasteiger partial charge in [-0.1, -0.05) is 136 Å². The Morgan fingerprint density at radius 1 is 0.508 bits per heavy atom. The van der Waals surface area contributed by atoms with E-state index in [1.807, 2.05) is 0 Å². The quantitative estimate of drug-likeness (QED) is 0.0264. The molecule has 0 aromatic carbocycles. The van der Waals surface area contributed by atoms with Gasteiger partial charge in [0.15, 0.2) is 6.10 Å². The highest BCUT2D eigenvalue weighted by atomic mass is 16.6. The fourth-order valence-corrected chi connectivity index (χ4v) is 5.73. The number of hydrogen-bond donors (Lipinski definition) is 0. The molecule has 8 nitrogen and oxygen atoms in total. The number of quaternary nitrogens is 1. The Balaban J connectivity index is 4.48. The summed E-state index contributed by atoms with van der Waals surface area (Å²) < 4.78 is 17.1. The lowest BCUT2D eigenvalue weighted by Crippen LogP contribution is -2.55. The normalized spacial score (nSPS) is 14.0. The summed E-state index contributed by atoms with van der Waals surface area (Å²) in [6, 6.07) is -0.744. The lowest BCUT2D eigenvalue weighted by atomic mass is 10.1. The van der Waals surface area contributed by atoms with Crippen molar-refractivity contribution in [3.63, 3.8) is 0 Å². The number of carboxylic acid groups (broad SMARTS) is 1. The molecule has 0 amide bonds. The molecule has 0 aliphatic carbocycles. The molecule has 332 valence electrons. The summed E-state index contributed by atoms with van der Waals surface area (Å²) in [6.45, 7) is 4.33. The molecule has 0 heterocycles. The predicted octanol–water partition coefficient (Wildman–Crippen LogP) is 11.1. The number of hydrogen-bond acceptors (Lipinski definition) is 7. The van der Waals surface area contributed by atoms with Gasteiger partial charge in [-0.05, 0) is 96.3 Å². The third-order valence-corrected chi connectivity index (χ3v) is 9.15. The highest BCUT2D eigenvalue weighted by Gasteiger charge is 2.25. The van der Waals surface area contributed by atoms with Crippen molar-refractivity contribution in [1.29, 1.82) is 0 Å². The lowest BCUT2D eigenvalue weighted by Gasteiger charge is -2.34. The fraction of sp³-hybridized carbons (Fsp3) is 0.588. The molecule has 0 radical (unpaired) electrons. The third-order valence-electron chi connectivity index (χ3n) is 9.15. The van der Waals surface area contributed by atoms with Crippen molar-refractivity contribution >= 4 is 17.9 Å². The minimum Gasteiger partial charge on any atom is -0.544 e. The maximum Gasteiger partial charge on any atom is 0.306 e. The van der Waals surface area contributed by atoms with Crippen LogP contribution in [0.5, 0.6) is 0 Å². The van der Waals surface area contributed by atoms with Crippen molar-refractivity contribution in [3.05, 3.63) is 109 Å². The topological polar surface area (TPSA) is 102 Å². The number of carbonyl (C=O) groups is 3. The zero-order valence-corrected chi connectivity index (χ0v) is 37.6. The van der Waals surface area contributed by atoms with Crippen molar-refractivity contribution in [2.75, 3.05) is 41.0 Å². The van der Waals surface area contributed by atoms with E-state index in [4.69, 9.17) is 14.2 Å². The van der Waals surface area contributed by atoms with Crippen LogP contribution >= 0.6 is 0 Å². The van der Waals surface area contributed by atoms with Crippen LogP contribution in [0.15, 0.2) is 109 Å². The van der Waals surface area contributed by atoms with Gasteiger partial charge >= 0.3 is 11.9 Å². The Bertz CT molecular complexity index is 1330. The number of carbonyl (C=O) groups excluding carboxylic acids is 3. The first-order valence-electron chi connectivity index (χ1n) is 22.4. The summed E-state index contributed by atoms with van der Waals surface area (Å²) in [5.41, 5.74) is 0. The van der Waals surface area contributed by atoms with Gasteiger partial charge in [-0.3, -0.25) is 9.59 Å². The van der Waals surface area contributed by atoms with E-state index in [0.717, 1.165) is 103 Å². The molecule has 0 saturated heterocycles. The summed E-state index contributed by atoms with van der Waals surface area (Å²) in [4.78, 5) is 36.9. The van der Waals surface area contributed by atoms with Crippen LogP contribution in [0.25, 0.3) is 0 Å². The van der Waals surface area contributed by atoms with E-state index in [1.54, 1.807) is 21.1 Å². The highest BCUT2D eigenvalue weighted by Crippen LogP contribution is 2.11. The van der Waals surface area contributed by atoms with E-state index in [0.29, 0.717) is 12.8 Å². The zero-order valence-electron chi connectivity index (χ0n) is 37.6. The molecule has 0 aliphatic rings. The number of likely N-dealkylation sites (N-methyl/N-ethyl adjacent to an activating group) is 1. The molecule has 0 saturated carbocycles. The third kappa shape index (κ3) is 39.2. The average Bonchev–Trinajstić information content (AvgIpc) is 3.19. The number of rotatable bonds is 38. The number of ether oxygens (including phenoxy) is 3. The molecule has 0 spiro atoms. The number of aliphatic carboxylic acids is 1. The summed E-state index contributed by atoms with van der Waals surface area (Å²) in [5.74, 6) is -1.84. The Labute approximate surface area is 359 Å². The first-order chi connectivity index (χ1) is 28.6. The molecular weight excluding hydrogens is 739 g/mol. The molecule has 0 aliphatic heterocycles. The van der Waals surface area contributed by atoms with E-state index in [9.17, 15) is 19.5 Å². The number of allylic oxidation sites excluding steroid dienone is 18. The average molecular weight is 820 g/mol. The standard InChI is InChI=1S/C51H81NO7/c1-6-8-10-12-14-16-18-20-22-24-25-26-28-29-31-33-35-37-39-41-49(53)58-46-47(45-57-44-43-48(51(55)56)52(3,4)5)59-50(54)42-40-38-36-34-32-30-27-23-21-19-17-15-13-11-9-7-2/h8-11,14-17,20-23,25-26,29-32,47-48H,6-7,12-13,18-19,24,27-28,33-46H2,1-5H3/b10-8+,11-9+,16-14+,17-15+,22-20+,23-21+,26-25+,31-29+,32-30+. The maximum atomic E-state index is 12.7. The second-order valence-electron chi connectivity index (χ2n) is 15.5. The van der Waals surface area contributed by atoms with Crippen LogP contribution < -0.4 is 5.11 Å². The summed E-state index contributed by atoms with van der Waals surface area (Å²) >= 11 is 0. The molecule has 2 atom stereocenters. The molecule has 59 heavy (non-hydrogen) atoms. The van der Waals surface area contributed by atoms with Gasteiger partial charge in [0.1, 0.15) is 12.6 Å². The van der Waals surface area contributed by atoms with Crippen LogP contribution in [0.2, 0.25) is 0 Å². The van der Waals surface area contributed by atoms with E-state index in [-0.39, 0.29) is 49.1 Å². The van der Waals surface area contributed by atoms with Crippen molar-refractivity contribution in [2.24, 2.45) is 0 Å². The van der Waals surface area contributed by atoms with Crippen molar-refractivity contribution in [1.82, 2.24) is 0 Å². The summed E-state index contributed by atoms with van der Waals surface area (Å²) in [7, 11) is 5.37. The fourth-order valence-electron chi connectivity index (χ4n) is 5.73. The summed E-state index contributed by atoms with van der Waals surface area (Å²) in [5, 5.41) is 11.6. The van der Waals surface area contributed by atoms with Crippen molar-refractivity contribution < 1.29 is 38.2 Å². The Kier molecular flexibility index (Phi) is 38.0. The minimum absolute atomic E-state index is 0.00894. The molecule has 0 fully saturated rings. The molecule has 0 aromatic rings. The number of carboxylic acids is 1. The van der Waals surface area contributed by atoms with Gasteiger partial charge in [0.05, 0.1) is 40.3 Å². The molecule has 0 bridgehead atoms. The summed E-state index contributed by atoms with van der Waals surface area (Å²) in [6.07, 6.45) is 55.4. The predicted molar refractivity (Wildman–Crippen MR) is 244 cm³/mol. The van der Waals surface area contributed by atoms with Gasteiger partial charge in [0, 0.05) is 19.3 Å². The first-order valence-corrected chi connectivity index (χ1v) is 22.4. The van der Waals surface area contributed by atoms with Crippen LogP contribution in [0.1, 0.15) is 142 Å². The van der Waals surface area contributed by atoms with Crippen LogP contribution in [-0.4, -0.2) is 75.5 Å². The van der Waals surface area contributed by atoms with Crippen LogP contribution in [0.3, 0.4) is 0 Å². The zero-order chi connectivity index (χ0) is 43.5. The number of nitrogens with zero attached hydrogens (tertiary/aromatic N) is 1. The van der Waals surface area contributed by atoms with Gasteiger partial charge in [-0.25, -0.2) is 0 Å². The number of esters is 2. The van der Waals surface area contributed by atoms with Crippen molar-refractivity contribution in [2.45, 2.75) is 154 Å².